The van der Waals surface area contributed by atoms with Crippen LogP contribution < -0.4 is 0 Å². The summed E-state index contributed by atoms with van der Waals surface area (Å²) in [5, 5.41) is 0. The number of likely N-dealkylation sites (tertiary alicyclic amines) is 1. The Morgan fingerprint density at radius 1 is 1.31 bits per heavy atom. The first-order valence-electron chi connectivity index (χ1n) is 5.44. The van der Waals surface area contributed by atoms with Gasteiger partial charge in [-0.2, -0.15) is 0 Å². The molecule has 2 saturated heterocycles. The van der Waals surface area contributed by atoms with E-state index in [-0.39, 0.29) is 0 Å². The van der Waals surface area contributed by atoms with Crippen LogP contribution in [-0.2, 0) is 4.74 Å². The zero-order valence-corrected chi connectivity index (χ0v) is 9.05. The van der Waals surface area contributed by atoms with Crippen molar-refractivity contribution in [2.24, 2.45) is 11.3 Å². The molecular weight excluding hydrogens is 162 g/mol. The van der Waals surface area contributed by atoms with Crippen molar-refractivity contribution in [2.75, 3.05) is 26.8 Å². The maximum atomic E-state index is 5.45. The van der Waals surface area contributed by atoms with E-state index in [2.05, 4.69) is 25.8 Å². The minimum atomic E-state index is 0.612. The predicted octanol–water partition coefficient (Wildman–Crippen LogP) is 1.75. The molecule has 1 spiro atoms. The van der Waals surface area contributed by atoms with Gasteiger partial charge in [0.05, 0.1) is 0 Å². The van der Waals surface area contributed by atoms with Crippen LogP contribution in [0.25, 0.3) is 0 Å². The normalized spacial score (nSPS) is 33.7. The van der Waals surface area contributed by atoms with Crippen molar-refractivity contribution in [3.8, 4) is 0 Å². The van der Waals surface area contributed by atoms with Gasteiger partial charge in [-0.05, 0) is 25.8 Å². The van der Waals surface area contributed by atoms with Crippen LogP contribution in [0, 0.1) is 11.3 Å². The topological polar surface area (TPSA) is 12.5 Å². The molecule has 0 amide bonds. The first-order valence-corrected chi connectivity index (χ1v) is 5.44. The van der Waals surface area contributed by atoms with Crippen LogP contribution in [0.4, 0.5) is 0 Å². The lowest BCUT2D eigenvalue weighted by atomic mass is 9.63. The summed E-state index contributed by atoms with van der Waals surface area (Å²) >= 11 is 0. The largest absolute Gasteiger partial charge is 0.381 e. The zero-order chi connectivity index (χ0) is 9.47. The van der Waals surface area contributed by atoms with E-state index in [1.807, 2.05) is 0 Å². The second kappa shape index (κ2) is 3.25. The van der Waals surface area contributed by atoms with Gasteiger partial charge in [0.25, 0.3) is 0 Å². The van der Waals surface area contributed by atoms with E-state index in [4.69, 9.17) is 4.74 Å². The molecule has 0 N–H and O–H groups in total. The summed E-state index contributed by atoms with van der Waals surface area (Å²) in [5.41, 5.74) is 0.612. The van der Waals surface area contributed by atoms with Crippen molar-refractivity contribution in [1.82, 2.24) is 4.90 Å². The van der Waals surface area contributed by atoms with E-state index in [0.29, 0.717) is 5.41 Å². The lowest BCUT2D eigenvalue weighted by molar-refractivity contribution is -0.136. The summed E-state index contributed by atoms with van der Waals surface area (Å²) in [6.45, 7) is 7.95. The number of rotatable bonds is 1. The number of nitrogens with zero attached hydrogens (tertiary/aromatic N) is 1. The van der Waals surface area contributed by atoms with Gasteiger partial charge in [-0.1, -0.05) is 13.8 Å². The third-order valence-corrected chi connectivity index (χ3v) is 3.79. The fraction of sp³-hybridized carbons (Fsp3) is 1.00. The number of hydrogen-bond donors (Lipinski definition) is 0. The molecule has 2 fully saturated rings. The minimum Gasteiger partial charge on any atom is -0.381 e. The molecule has 13 heavy (non-hydrogen) atoms. The maximum Gasteiger partial charge on any atom is 0.0472 e. The quantitative estimate of drug-likeness (QED) is 0.614. The van der Waals surface area contributed by atoms with Crippen LogP contribution in [0.1, 0.15) is 26.7 Å². The number of hydrogen-bond acceptors (Lipinski definition) is 2. The Kier molecular flexibility index (Phi) is 2.37. The lowest BCUT2D eigenvalue weighted by Gasteiger charge is -2.60. The van der Waals surface area contributed by atoms with Crippen LogP contribution in [0.2, 0.25) is 0 Å². The highest BCUT2D eigenvalue weighted by Gasteiger charge is 2.51. The van der Waals surface area contributed by atoms with Gasteiger partial charge < -0.3 is 9.64 Å². The van der Waals surface area contributed by atoms with Crippen molar-refractivity contribution in [3.63, 3.8) is 0 Å². The first kappa shape index (κ1) is 9.47. The highest BCUT2D eigenvalue weighted by molar-refractivity contribution is 5.04. The van der Waals surface area contributed by atoms with E-state index >= 15 is 0 Å². The Hall–Kier alpha value is -0.0800. The van der Waals surface area contributed by atoms with Crippen molar-refractivity contribution in [2.45, 2.75) is 32.7 Å². The van der Waals surface area contributed by atoms with Crippen LogP contribution in [-0.4, -0.2) is 37.7 Å². The monoisotopic (exact) mass is 183 g/mol. The SMILES string of the molecule is CC(C)C1N(C)CC12CCOCC2. The van der Waals surface area contributed by atoms with Gasteiger partial charge in [-0.25, -0.2) is 0 Å². The van der Waals surface area contributed by atoms with E-state index in [9.17, 15) is 0 Å². The van der Waals surface area contributed by atoms with Gasteiger partial charge in [0.2, 0.25) is 0 Å². The Balaban J connectivity index is 2.06. The molecule has 0 bridgehead atoms. The van der Waals surface area contributed by atoms with Crippen LogP contribution >= 0.6 is 0 Å². The standard InChI is InChI=1S/C11H21NO/c1-9(2)10-11(8-12(10)3)4-6-13-7-5-11/h9-10H,4-8H2,1-3H3. The molecule has 2 aliphatic heterocycles. The van der Waals surface area contributed by atoms with Gasteiger partial charge in [0, 0.05) is 31.2 Å². The summed E-state index contributed by atoms with van der Waals surface area (Å²) in [7, 11) is 2.26. The van der Waals surface area contributed by atoms with Crippen LogP contribution in [0.3, 0.4) is 0 Å². The Morgan fingerprint density at radius 2 is 1.92 bits per heavy atom. The smallest absolute Gasteiger partial charge is 0.0472 e. The third-order valence-electron chi connectivity index (χ3n) is 3.79. The lowest BCUT2D eigenvalue weighted by Crippen LogP contribution is -2.66. The van der Waals surface area contributed by atoms with E-state index in [1.54, 1.807) is 0 Å². The van der Waals surface area contributed by atoms with Gasteiger partial charge in [0.1, 0.15) is 0 Å². The third kappa shape index (κ3) is 1.40. The van der Waals surface area contributed by atoms with E-state index in [0.717, 1.165) is 25.2 Å². The molecule has 0 radical (unpaired) electrons. The molecule has 0 aromatic rings. The summed E-state index contributed by atoms with van der Waals surface area (Å²) in [5.74, 6) is 0.789. The van der Waals surface area contributed by atoms with Crippen molar-refractivity contribution >= 4 is 0 Å². The second-order valence-corrected chi connectivity index (χ2v) is 5.08. The van der Waals surface area contributed by atoms with Crippen molar-refractivity contribution in [3.05, 3.63) is 0 Å². The minimum absolute atomic E-state index is 0.612. The van der Waals surface area contributed by atoms with Gasteiger partial charge >= 0.3 is 0 Å². The molecule has 0 aromatic carbocycles. The fourth-order valence-electron chi connectivity index (χ4n) is 3.49. The highest BCUT2D eigenvalue weighted by atomic mass is 16.5. The number of ether oxygens (including phenoxy) is 1. The summed E-state index contributed by atoms with van der Waals surface area (Å²) in [4.78, 5) is 2.51. The molecule has 1 unspecified atom stereocenters. The summed E-state index contributed by atoms with van der Waals surface area (Å²) < 4.78 is 5.45. The van der Waals surface area contributed by atoms with Gasteiger partial charge in [-0.15, -0.1) is 0 Å². The zero-order valence-electron chi connectivity index (χ0n) is 9.05. The molecule has 2 rings (SSSR count). The molecule has 76 valence electrons. The van der Waals surface area contributed by atoms with Gasteiger partial charge in [0.15, 0.2) is 0 Å². The molecule has 2 nitrogen and oxygen atoms in total. The molecule has 0 saturated carbocycles. The molecule has 2 aliphatic rings. The van der Waals surface area contributed by atoms with Crippen molar-refractivity contribution in [1.29, 1.82) is 0 Å². The van der Waals surface area contributed by atoms with E-state index < -0.39 is 0 Å². The average molecular weight is 183 g/mol. The molecule has 0 aromatic heterocycles. The Labute approximate surface area is 81.3 Å². The molecule has 0 aliphatic carbocycles. The molecule has 1 atom stereocenters. The summed E-state index contributed by atoms with van der Waals surface area (Å²) in [6, 6.07) is 0.802. The highest BCUT2D eigenvalue weighted by Crippen LogP contribution is 2.47. The average Bonchev–Trinajstić information content (AvgIpc) is 2.03. The summed E-state index contributed by atoms with van der Waals surface area (Å²) in [6.07, 6.45) is 2.56. The maximum absolute atomic E-state index is 5.45. The Bertz CT molecular complexity index is 174. The molecule has 2 heterocycles. The van der Waals surface area contributed by atoms with Gasteiger partial charge in [-0.3, -0.25) is 0 Å². The molecule has 2 heteroatoms. The van der Waals surface area contributed by atoms with Crippen molar-refractivity contribution < 1.29 is 4.74 Å². The molecular formula is C11H21NO. The fourth-order valence-corrected chi connectivity index (χ4v) is 3.49. The van der Waals surface area contributed by atoms with Crippen LogP contribution in [0.15, 0.2) is 0 Å². The Morgan fingerprint density at radius 3 is 2.38 bits per heavy atom. The van der Waals surface area contributed by atoms with E-state index in [1.165, 1.54) is 19.4 Å². The second-order valence-electron chi connectivity index (χ2n) is 5.08. The first-order chi connectivity index (χ1) is 6.16. The van der Waals surface area contributed by atoms with Crippen LogP contribution in [0.5, 0.6) is 0 Å². The predicted molar refractivity (Wildman–Crippen MR) is 53.7 cm³/mol.